The monoisotopic (exact) mass is 272 g/mol. The Morgan fingerprint density at radius 1 is 1.20 bits per heavy atom. The van der Waals surface area contributed by atoms with Crippen LogP contribution >= 0.6 is 0 Å². The maximum absolute atomic E-state index is 10.6. The fourth-order valence-electron chi connectivity index (χ4n) is 2.24. The van der Waals surface area contributed by atoms with E-state index in [1.54, 1.807) is 25.6 Å². The second kappa shape index (κ2) is 5.92. The van der Waals surface area contributed by atoms with Crippen LogP contribution in [0.25, 0.3) is 0 Å². The molecular weight excluding hydrogens is 252 g/mol. The van der Waals surface area contributed by atoms with Crippen molar-refractivity contribution in [2.45, 2.75) is 25.4 Å². The minimum atomic E-state index is -0.869. The molecule has 2 aromatic rings. The van der Waals surface area contributed by atoms with Gasteiger partial charge in [0.05, 0.1) is 12.7 Å². The van der Waals surface area contributed by atoms with Gasteiger partial charge in [-0.15, -0.1) is 0 Å². The molecule has 0 saturated carbocycles. The molecule has 0 aliphatic rings. The highest BCUT2D eigenvalue weighted by atomic mass is 16.5. The number of aliphatic hydroxyl groups is 1. The molecule has 1 aromatic carbocycles. The second-order valence-electron chi connectivity index (χ2n) is 5.27. The summed E-state index contributed by atoms with van der Waals surface area (Å²) in [6.07, 6.45) is 4.37. The van der Waals surface area contributed by atoms with E-state index in [2.05, 4.69) is 4.98 Å². The largest absolute Gasteiger partial charge is 0.497 e. The Morgan fingerprint density at radius 3 is 2.50 bits per heavy atom. The normalized spacial score (nSPS) is 13.8. The van der Waals surface area contributed by atoms with Gasteiger partial charge >= 0.3 is 0 Å². The number of aromatic nitrogens is 1. The molecule has 20 heavy (non-hydrogen) atoms. The van der Waals surface area contributed by atoms with Crippen LogP contribution in [-0.2, 0) is 12.8 Å². The van der Waals surface area contributed by atoms with Crippen LogP contribution in [-0.4, -0.2) is 22.8 Å². The van der Waals surface area contributed by atoms with Crippen LogP contribution in [0.2, 0.25) is 0 Å². The lowest BCUT2D eigenvalue weighted by molar-refractivity contribution is 0.0609. The van der Waals surface area contributed by atoms with E-state index in [4.69, 9.17) is 10.5 Å². The number of hydrogen-bond donors (Lipinski definition) is 2. The highest BCUT2D eigenvalue weighted by Gasteiger charge is 2.22. The number of hydrogen-bond acceptors (Lipinski definition) is 4. The molecule has 1 unspecified atom stereocenters. The van der Waals surface area contributed by atoms with Gasteiger partial charge in [0, 0.05) is 30.9 Å². The molecule has 4 heteroatoms. The van der Waals surface area contributed by atoms with E-state index in [1.165, 1.54) is 0 Å². The fourth-order valence-corrected chi connectivity index (χ4v) is 2.24. The third kappa shape index (κ3) is 3.71. The van der Waals surface area contributed by atoms with Crippen LogP contribution in [0.15, 0.2) is 42.7 Å². The quantitative estimate of drug-likeness (QED) is 0.875. The van der Waals surface area contributed by atoms with E-state index >= 15 is 0 Å². The van der Waals surface area contributed by atoms with Crippen molar-refractivity contribution in [3.8, 4) is 5.75 Å². The average Bonchev–Trinajstić information content (AvgIpc) is 2.41. The fraction of sp³-hybridized carbons (Fsp3) is 0.312. The van der Waals surface area contributed by atoms with Crippen LogP contribution in [0.5, 0.6) is 5.75 Å². The van der Waals surface area contributed by atoms with Gasteiger partial charge in [0.15, 0.2) is 0 Å². The molecule has 1 heterocycles. The van der Waals surface area contributed by atoms with Gasteiger partial charge in [0.2, 0.25) is 0 Å². The molecule has 0 aliphatic carbocycles. The lowest BCUT2D eigenvalue weighted by Gasteiger charge is -2.24. The number of anilines is 1. The first-order valence-corrected chi connectivity index (χ1v) is 6.54. The molecule has 1 atom stereocenters. The predicted molar refractivity (Wildman–Crippen MR) is 79.7 cm³/mol. The first-order valence-electron chi connectivity index (χ1n) is 6.54. The standard InChI is InChI=1S/C16H20N2O2/c1-16(19,10-13-11-18-8-7-15(13)17)9-12-3-5-14(20-2)6-4-12/h3-8,11,19H,9-10H2,1-2H3,(H2,17,18). The number of nitrogen functional groups attached to an aromatic ring is 1. The van der Waals surface area contributed by atoms with Crippen molar-refractivity contribution < 1.29 is 9.84 Å². The zero-order valence-electron chi connectivity index (χ0n) is 11.8. The number of benzene rings is 1. The van der Waals surface area contributed by atoms with Gasteiger partial charge in [-0.2, -0.15) is 0 Å². The van der Waals surface area contributed by atoms with Gasteiger partial charge in [-0.05, 0) is 36.2 Å². The van der Waals surface area contributed by atoms with Gasteiger partial charge in [-0.1, -0.05) is 12.1 Å². The zero-order chi connectivity index (χ0) is 14.6. The van der Waals surface area contributed by atoms with Gasteiger partial charge in [0.25, 0.3) is 0 Å². The topological polar surface area (TPSA) is 68.4 Å². The lowest BCUT2D eigenvalue weighted by atomic mass is 9.90. The third-order valence-electron chi connectivity index (χ3n) is 3.26. The van der Waals surface area contributed by atoms with E-state index < -0.39 is 5.60 Å². The summed E-state index contributed by atoms with van der Waals surface area (Å²) in [5.74, 6) is 0.810. The molecule has 0 aliphatic heterocycles. The molecular formula is C16H20N2O2. The minimum absolute atomic E-state index is 0.471. The van der Waals surface area contributed by atoms with E-state index in [1.807, 2.05) is 31.2 Å². The summed E-state index contributed by atoms with van der Waals surface area (Å²) < 4.78 is 5.12. The van der Waals surface area contributed by atoms with Crippen molar-refractivity contribution in [1.82, 2.24) is 4.98 Å². The lowest BCUT2D eigenvalue weighted by Crippen LogP contribution is -2.30. The van der Waals surface area contributed by atoms with Crippen LogP contribution in [0.4, 0.5) is 5.69 Å². The summed E-state index contributed by atoms with van der Waals surface area (Å²) in [6.45, 7) is 1.81. The minimum Gasteiger partial charge on any atom is -0.497 e. The van der Waals surface area contributed by atoms with Gasteiger partial charge in [-0.3, -0.25) is 4.98 Å². The third-order valence-corrected chi connectivity index (χ3v) is 3.26. The average molecular weight is 272 g/mol. The number of ether oxygens (including phenoxy) is 1. The SMILES string of the molecule is COc1ccc(CC(C)(O)Cc2cnccc2N)cc1. The number of methoxy groups -OCH3 is 1. The second-order valence-corrected chi connectivity index (χ2v) is 5.27. The number of pyridine rings is 1. The van der Waals surface area contributed by atoms with Crippen molar-refractivity contribution in [2.24, 2.45) is 0 Å². The molecule has 1 aromatic heterocycles. The Kier molecular flexibility index (Phi) is 4.25. The maximum atomic E-state index is 10.6. The van der Waals surface area contributed by atoms with E-state index in [9.17, 15) is 5.11 Å². The van der Waals surface area contributed by atoms with Gasteiger partial charge in [0.1, 0.15) is 5.75 Å². The van der Waals surface area contributed by atoms with Gasteiger partial charge < -0.3 is 15.6 Å². The van der Waals surface area contributed by atoms with Gasteiger partial charge in [-0.25, -0.2) is 0 Å². The van der Waals surface area contributed by atoms with Crippen LogP contribution in [0.1, 0.15) is 18.1 Å². The van der Waals surface area contributed by atoms with Crippen molar-refractivity contribution in [1.29, 1.82) is 0 Å². The molecule has 2 rings (SSSR count). The van der Waals surface area contributed by atoms with Crippen molar-refractivity contribution >= 4 is 5.69 Å². The maximum Gasteiger partial charge on any atom is 0.118 e. The summed E-state index contributed by atoms with van der Waals surface area (Å²) in [4.78, 5) is 4.05. The van der Waals surface area contributed by atoms with Crippen LogP contribution in [0.3, 0.4) is 0 Å². The molecule has 0 fully saturated rings. The summed E-state index contributed by atoms with van der Waals surface area (Å²) >= 11 is 0. The summed E-state index contributed by atoms with van der Waals surface area (Å²) in [6, 6.07) is 9.45. The smallest absolute Gasteiger partial charge is 0.118 e. The molecule has 0 bridgehead atoms. The zero-order valence-corrected chi connectivity index (χ0v) is 11.8. The molecule has 4 nitrogen and oxygen atoms in total. The Balaban J connectivity index is 2.08. The molecule has 106 valence electrons. The molecule has 0 amide bonds. The van der Waals surface area contributed by atoms with Crippen molar-refractivity contribution in [2.75, 3.05) is 12.8 Å². The van der Waals surface area contributed by atoms with E-state index in [0.717, 1.165) is 16.9 Å². The Morgan fingerprint density at radius 2 is 1.90 bits per heavy atom. The van der Waals surface area contributed by atoms with E-state index in [-0.39, 0.29) is 0 Å². The highest BCUT2D eigenvalue weighted by molar-refractivity contribution is 5.45. The van der Waals surface area contributed by atoms with E-state index in [0.29, 0.717) is 18.5 Å². The van der Waals surface area contributed by atoms with Crippen molar-refractivity contribution in [3.05, 3.63) is 53.9 Å². The van der Waals surface area contributed by atoms with Crippen LogP contribution < -0.4 is 10.5 Å². The Hall–Kier alpha value is -2.07. The molecule has 0 spiro atoms. The summed E-state index contributed by atoms with van der Waals surface area (Å²) in [5.41, 5.74) is 7.60. The Bertz CT molecular complexity index is 565. The number of rotatable bonds is 5. The van der Waals surface area contributed by atoms with Crippen LogP contribution in [0, 0.1) is 0 Å². The summed E-state index contributed by atoms with van der Waals surface area (Å²) in [7, 11) is 1.64. The molecule has 3 N–H and O–H groups in total. The Labute approximate surface area is 119 Å². The first-order chi connectivity index (χ1) is 9.50. The number of nitrogens with zero attached hydrogens (tertiary/aromatic N) is 1. The highest BCUT2D eigenvalue weighted by Crippen LogP contribution is 2.22. The summed E-state index contributed by atoms with van der Waals surface area (Å²) in [5, 5.41) is 10.6. The number of nitrogens with two attached hydrogens (primary N) is 1. The molecule has 0 saturated heterocycles. The molecule has 0 radical (unpaired) electrons. The predicted octanol–water partition coefficient (Wildman–Crippen LogP) is 2.21. The van der Waals surface area contributed by atoms with Crippen molar-refractivity contribution in [3.63, 3.8) is 0 Å². The first kappa shape index (κ1) is 14.3.